The summed E-state index contributed by atoms with van der Waals surface area (Å²) in [7, 11) is 1.47. The molecule has 0 spiro atoms. The molecule has 3 rings (SSSR count). The lowest BCUT2D eigenvalue weighted by Gasteiger charge is -2.18. The standard InChI is InChI=1S/C19H16N2O7/c1-28-15-5-3-2-4-13(15)20-14-9-16(22)21(17(14)23)12-7-10(18(24)25)6-11(8-12)19(26)27/h2-8,14,20H,9H2,1H3,(H,24,25)(H,26,27). The van der Waals surface area contributed by atoms with Gasteiger partial charge in [-0.05, 0) is 30.3 Å². The van der Waals surface area contributed by atoms with Crippen molar-refractivity contribution in [1.29, 1.82) is 0 Å². The zero-order chi connectivity index (χ0) is 20.4. The maximum atomic E-state index is 12.8. The largest absolute Gasteiger partial charge is 0.495 e. The fourth-order valence-electron chi connectivity index (χ4n) is 2.95. The molecular weight excluding hydrogens is 368 g/mol. The molecule has 1 aliphatic heterocycles. The second kappa shape index (κ2) is 7.39. The number of carboxylic acid groups (broad SMARTS) is 2. The minimum Gasteiger partial charge on any atom is -0.495 e. The molecule has 0 aromatic heterocycles. The topological polar surface area (TPSA) is 133 Å². The van der Waals surface area contributed by atoms with Gasteiger partial charge in [-0.1, -0.05) is 12.1 Å². The average molecular weight is 384 g/mol. The number of nitrogens with zero attached hydrogens (tertiary/aromatic N) is 1. The van der Waals surface area contributed by atoms with Gasteiger partial charge in [0.15, 0.2) is 0 Å². The lowest BCUT2D eigenvalue weighted by atomic mass is 10.1. The second-order valence-corrected chi connectivity index (χ2v) is 6.05. The molecule has 9 nitrogen and oxygen atoms in total. The quantitative estimate of drug-likeness (QED) is 0.643. The number of anilines is 2. The van der Waals surface area contributed by atoms with Crippen molar-refractivity contribution in [3.63, 3.8) is 0 Å². The Kier molecular flexibility index (Phi) is 4.99. The fraction of sp³-hybridized carbons (Fsp3) is 0.158. The molecule has 2 aromatic carbocycles. The Balaban J connectivity index is 1.94. The second-order valence-electron chi connectivity index (χ2n) is 6.05. The first-order chi connectivity index (χ1) is 13.3. The molecule has 1 unspecified atom stereocenters. The van der Waals surface area contributed by atoms with Gasteiger partial charge in [-0.25, -0.2) is 14.5 Å². The Morgan fingerprint density at radius 1 is 1.07 bits per heavy atom. The SMILES string of the molecule is COc1ccccc1NC1CC(=O)N(c2cc(C(=O)O)cc(C(=O)O)c2)C1=O. The van der Waals surface area contributed by atoms with Crippen molar-refractivity contribution < 1.29 is 34.1 Å². The van der Waals surface area contributed by atoms with Crippen LogP contribution in [0.15, 0.2) is 42.5 Å². The Morgan fingerprint density at radius 3 is 2.25 bits per heavy atom. The summed E-state index contributed by atoms with van der Waals surface area (Å²) in [5, 5.41) is 21.3. The van der Waals surface area contributed by atoms with Gasteiger partial charge in [0.2, 0.25) is 5.91 Å². The van der Waals surface area contributed by atoms with Crippen molar-refractivity contribution in [2.24, 2.45) is 0 Å². The summed E-state index contributed by atoms with van der Waals surface area (Å²) < 4.78 is 5.21. The van der Waals surface area contributed by atoms with E-state index in [9.17, 15) is 29.4 Å². The molecule has 2 aromatic rings. The lowest BCUT2D eigenvalue weighted by Crippen LogP contribution is -2.35. The molecule has 0 radical (unpaired) electrons. The Morgan fingerprint density at radius 2 is 1.68 bits per heavy atom. The number of aromatic carboxylic acids is 2. The van der Waals surface area contributed by atoms with Crippen LogP contribution in [0.4, 0.5) is 11.4 Å². The molecular formula is C19H16N2O7. The van der Waals surface area contributed by atoms with Crippen LogP contribution in [0.5, 0.6) is 5.75 Å². The Hall–Kier alpha value is -3.88. The van der Waals surface area contributed by atoms with Crippen LogP contribution in [0.3, 0.4) is 0 Å². The van der Waals surface area contributed by atoms with Gasteiger partial charge in [0.25, 0.3) is 5.91 Å². The zero-order valence-corrected chi connectivity index (χ0v) is 14.7. The summed E-state index contributed by atoms with van der Waals surface area (Å²) in [5.74, 6) is -3.44. The van der Waals surface area contributed by atoms with Crippen LogP contribution in [-0.2, 0) is 9.59 Å². The van der Waals surface area contributed by atoms with E-state index in [1.54, 1.807) is 24.3 Å². The summed E-state index contributed by atoms with van der Waals surface area (Å²) in [6, 6.07) is 9.12. The van der Waals surface area contributed by atoms with E-state index < -0.39 is 29.8 Å². The van der Waals surface area contributed by atoms with Gasteiger partial charge in [-0.2, -0.15) is 0 Å². The van der Waals surface area contributed by atoms with E-state index in [1.165, 1.54) is 7.11 Å². The molecule has 28 heavy (non-hydrogen) atoms. The summed E-state index contributed by atoms with van der Waals surface area (Å²) in [4.78, 5) is 48.6. The van der Waals surface area contributed by atoms with E-state index in [2.05, 4.69) is 5.32 Å². The first kappa shape index (κ1) is 18.9. The van der Waals surface area contributed by atoms with Gasteiger partial charge in [0.05, 0.1) is 36.0 Å². The molecule has 1 atom stereocenters. The fourth-order valence-corrected chi connectivity index (χ4v) is 2.95. The smallest absolute Gasteiger partial charge is 0.335 e. The van der Waals surface area contributed by atoms with E-state index in [0.717, 1.165) is 23.1 Å². The average Bonchev–Trinajstić information content (AvgIpc) is 2.95. The molecule has 0 saturated carbocycles. The van der Waals surface area contributed by atoms with E-state index >= 15 is 0 Å². The van der Waals surface area contributed by atoms with Crippen molar-refractivity contribution >= 4 is 35.1 Å². The van der Waals surface area contributed by atoms with Gasteiger partial charge in [0, 0.05) is 0 Å². The van der Waals surface area contributed by atoms with Gasteiger partial charge in [0.1, 0.15) is 11.8 Å². The lowest BCUT2D eigenvalue weighted by molar-refractivity contribution is -0.121. The third kappa shape index (κ3) is 3.50. The highest BCUT2D eigenvalue weighted by Gasteiger charge is 2.40. The highest BCUT2D eigenvalue weighted by molar-refractivity contribution is 6.23. The van der Waals surface area contributed by atoms with E-state index in [-0.39, 0.29) is 23.2 Å². The molecule has 1 heterocycles. The normalized spacial score (nSPS) is 16.2. The highest BCUT2D eigenvalue weighted by Crippen LogP contribution is 2.30. The van der Waals surface area contributed by atoms with Crippen LogP contribution in [0.25, 0.3) is 0 Å². The van der Waals surface area contributed by atoms with Crippen molar-refractivity contribution in [3.05, 3.63) is 53.6 Å². The summed E-state index contributed by atoms with van der Waals surface area (Å²) in [6.07, 6.45) is -0.170. The van der Waals surface area contributed by atoms with Crippen molar-refractivity contribution in [2.45, 2.75) is 12.5 Å². The number of carboxylic acids is 2. The number of amides is 2. The Labute approximate surface area is 159 Å². The van der Waals surface area contributed by atoms with Crippen molar-refractivity contribution in [3.8, 4) is 5.75 Å². The maximum Gasteiger partial charge on any atom is 0.335 e. The third-order valence-electron chi connectivity index (χ3n) is 4.25. The molecule has 1 aliphatic rings. The third-order valence-corrected chi connectivity index (χ3v) is 4.25. The predicted molar refractivity (Wildman–Crippen MR) is 97.9 cm³/mol. The number of methoxy groups -OCH3 is 1. The predicted octanol–water partition coefficient (Wildman–Crippen LogP) is 1.84. The van der Waals surface area contributed by atoms with Gasteiger partial charge in [-0.15, -0.1) is 0 Å². The van der Waals surface area contributed by atoms with Gasteiger partial charge >= 0.3 is 11.9 Å². The molecule has 1 saturated heterocycles. The number of hydrogen-bond acceptors (Lipinski definition) is 6. The van der Waals surface area contributed by atoms with Crippen LogP contribution in [0, 0.1) is 0 Å². The van der Waals surface area contributed by atoms with E-state index in [1.807, 2.05) is 0 Å². The minimum atomic E-state index is -1.37. The van der Waals surface area contributed by atoms with Crippen LogP contribution in [0.2, 0.25) is 0 Å². The number of benzene rings is 2. The number of nitrogens with one attached hydrogen (secondary N) is 1. The van der Waals surface area contributed by atoms with Gasteiger partial charge in [-0.3, -0.25) is 9.59 Å². The highest BCUT2D eigenvalue weighted by atomic mass is 16.5. The van der Waals surface area contributed by atoms with Crippen molar-refractivity contribution in [1.82, 2.24) is 0 Å². The molecule has 1 fully saturated rings. The first-order valence-electron chi connectivity index (χ1n) is 8.20. The monoisotopic (exact) mass is 384 g/mol. The Bertz CT molecular complexity index is 954. The summed E-state index contributed by atoms with van der Waals surface area (Å²) in [6.45, 7) is 0. The summed E-state index contributed by atoms with van der Waals surface area (Å²) >= 11 is 0. The summed E-state index contributed by atoms with van der Waals surface area (Å²) in [5.41, 5.74) is -0.256. The number of carbonyl (C=O) groups is 4. The number of ether oxygens (including phenoxy) is 1. The zero-order valence-electron chi connectivity index (χ0n) is 14.7. The molecule has 0 aliphatic carbocycles. The van der Waals surface area contributed by atoms with Crippen molar-refractivity contribution in [2.75, 3.05) is 17.3 Å². The number of hydrogen-bond donors (Lipinski definition) is 3. The number of carbonyl (C=O) groups excluding carboxylic acids is 2. The number of para-hydroxylation sites is 2. The van der Waals surface area contributed by atoms with Crippen LogP contribution in [0.1, 0.15) is 27.1 Å². The first-order valence-corrected chi connectivity index (χ1v) is 8.20. The van der Waals surface area contributed by atoms with E-state index in [0.29, 0.717) is 11.4 Å². The van der Waals surface area contributed by atoms with Crippen LogP contribution < -0.4 is 15.0 Å². The van der Waals surface area contributed by atoms with Crippen LogP contribution in [-0.4, -0.2) is 47.1 Å². The minimum absolute atomic E-state index is 0.100. The van der Waals surface area contributed by atoms with E-state index in [4.69, 9.17) is 4.74 Å². The maximum absolute atomic E-state index is 12.8. The molecule has 0 bridgehead atoms. The molecule has 3 N–H and O–H groups in total. The molecule has 144 valence electrons. The molecule has 2 amide bonds. The number of rotatable bonds is 6. The van der Waals surface area contributed by atoms with Gasteiger partial charge < -0.3 is 20.3 Å². The van der Waals surface area contributed by atoms with Crippen LogP contribution >= 0.6 is 0 Å². The molecule has 9 heteroatoms. The number of imide groups is 1.